The first-order valence-corrected chi connectivity index (χ1v) is 8.77. The van der Waals surface area contributed by atoms with Gasteiger partial charge in [0, 0.05) is 7.05 Å². The molecule has 0 radical (unpaired) electrons. The third-order valence-corrected chi connectivity index (χ3v) is 5.28. The molecule has 1 aliphatic carbocycles. The molecule has 1 saturated carbocycles. The zero-order chi connectivity index (χ0) is 18.3. The average molecular weight is 349 g/mol. The molecule has 6 heteroatoms. The smallest absolute Gasteiger partial charge is 0.176 e. The number of nitriles is 1. The second-order valence-corrected chi connectivity index (χ2v) is 6.78. The number of nitrogens with zero attached hydrogens (tertiary/aromatic N) is 3. The summed E-state index contributed by atoms with van der Waals surface area (Å²) in [5.74, 6) is -0.429. The van der Waals surface area contributed by atoms with Crippen molar-refractivity contribution < 1.29 is 14.6 Å². The summed E-state index contributed by atoms with van der Waals surface area (Å²) >= 11 is 0. The Morgan fingerprint density at radius 2 is 2.12 bits per heavy atom. The maximum atomic E-state index is 12.8. The summed E-state index contributed by atoms with van der Waals surface area (Å²) in [6.45, 7) is 0. The monoisotopic (exact) mass is 349 g/mol. The van der Waals surface area contributed by atoms with Crippen LogP contribution in [0.3, 0.4) is 0 Å². The van der Waals surface area contributed by atoms with Crippen LogP contribution in [0.1, 0.15) is 31.5 Å². The number of ether oxygens (including phenoxy) is 1. The SMILES string of the molecule is Cn1c(/C(C#N)=C(\O)C2=COC3CCCCC3C2=O)nc2ccccc21. The second kappa shape index (κ2) is 6.34. The molecule has 1 aromatic carbocycles. The number of imidazole rings is 1. The first-order valence-electron chi connectivity index (χ1n) is 8.77. The maximum Gasteiger partial charge on any atom is 0.176 e. The largest absolute Gasteiger partial charge is 0.506 e. The number of rotatable bonds is 2. The summed E-state index contributed by atoms with van der Waals surface area (Å²) in [6, 6.07) is 9.48. The van der Waals surface area contributed by atoms with E-state index in [9.17, 15) is 15.2 Å². The third-order valence-electron chi connectivity index (χ3n) is 5.28. The molecule has 1 aliphatic heterocycles. The number of para-hydroxylation sites is 2. The molecule has 0 saturated heterocycles. The van der Waals surface area contributed by atoms with Gasteiger partial charge in [-0.25, -0.2) is 4.98 Å². The highest BCUT2D eigenvalue weighted by Crippen LogP contribution is 2.36. The van der Waals surface area contributed by atoms with Crippen molar-refractivity contribution in [3.63, 3.8) is 0 Å². The van der Waals surface area contributed by atoms with Crippen LogP contribution in [0.25, 0.3) is 16.6 Å². The first kappa shape index (κ1) is 16.4. The molecule has 1 fully saturated rings. The van der Waals surface area contributed by atoms with Gasteiger partial charge in [0.15, 0.2) is 17.4 Å². The molecule has 0 amide bonds. The molecule has 1 aromatic heterocycles. The van der Waals surface area contributed by atoms with Crippen LogP contribution < -0.4 is 0 Å². The average Bonchev–Trinajstić information content (AvgIpc) is 3.00. The molecule has 6 nitrogen and oxygen atoms in total. The van der Waals surface area contributed by atoms with E-state index in [-0.39, 0.29) is 34.7 Å². The van der Waals surface area contributed by atoms with Crippen molar-refractivity contribution >= 4 is 22.4 Å². The number of ketones is 1. The van der Waals surface area contributed by atoms with Crippen LogP contribution in [0.5, 0.6) is 0 Å². The lowest BCUT2D eigenvalue weighted by atomic mass is 9.79. The van der Waals surface area contributed by atoms with Gasteiger partial charge in [-0.05, 0) is 31.4 Å². The normalized spacial score (nSPS) is 23.5. The Morgan fingerprint density at radius 3 is 2.88 bits per heavy atom. The first-order chi connectivity index (χ1) is 12.6. The summed E-state index contributed by atoms with van der Waals surface area (Å²) in [5.41, 5.74) is 1.60. The lowest BCUT2D eigenvalue weighted by Crippen LogP contribution is -2.37. The summed E-state index contributed by atoms with van der Waals surface area (Å²) in [7, 11) is 1.78. The number of aliphatic hydroxyl groups is 1. The van der Waals surface area contributed by atoms with Crippen LogP contribution in [0, 0.1) is 17.2 Å². The predicted octanol–water partition coefficient (Wildman–Crippen LogP) is 3.41. The minimum absolute atomic E-state index is 0.0267. The van der Waals surface area contributed by atoms with Crippen molar-refractivity contribution in [1.82, 2.24) is 9.55 Å². The Morgan fingerprint density at radius 1 is 1.35 bits per heavy atom. The van der Waals surface area contributed by atoms with E-state index >= 15 is 0 Å². The Hall–Kier alpha value is -3.07. The van der Waals surface area contributed by atoms with E-state index < -0.39 is 0 Å². The van der Waals surface area contributed by atoms with E-state index in [0.29, 0.717) is 5.82 Å². The molecule has 26 heavy (non-hydrogen) atoms. The van der Waals surface area contributed by atoms with Gasteiger partial charge in [0.05, 0.1) is 28.8 Å². The highest BCUT2D eigenvalue weighted by molar-refractivity contribution is 6.04. The highest BCUT2D eigenvalue weighted by atomic mass is 16.5. The van der Waals surface area contributed by atoms with Gasteiger partial charge in [0.1, 0.15) is 17.7 Å². The number of aryl methyl sites for hydroxylation is 1. The molecule has 2 unspecified atom stereocenters. The lowest BCUT2D eigenvalue weighted by molar-refractivity contribution is -0.126. The number of carbonyl (C=O) groups excluding carboxylic acids is 1. The standard InChI is InChI=1S/C20H19N3O3/c1-23-16-8-4-3-7-15(16)22-20(23)13(10-21)19(25)14-11-26-17-9-5-2-6-12(17)18(14)24/h3-4,7-8,11-12,17,25H,2,5-6,9H2,1H3/b19-13-. The zero-order valence-corrected chi connectivity index (χ0v) is 14.5. The van der Waals surface area contributed by atoms with Crippen molar-refractivity contribution in [2.75, 3.05) is 0 Å². The topological polar surface area (TPSA) is 88.1 Å². The van der Waals surface area contributed by atoms with Gasteiger partial charge in [0.2, 0.25) is 0 Å². The van der Waals surface area contributed by atoms with Gasteiger partial charge in [-0.2, -0.15) is 5.26 Å². The van der Waals surface area contributed by atoms with Crippen LogP contribution in [-0.4, -0.2) is 26.5 Å². The quantitative estimate of drug-likeness (QED) is 0.663. The number of hydrogen-bond donors (Lipinski definition) is 1. The highest BCUT2D eigenvalue weighted by Gasteiger charge is 2.39. The molecule has 132 valence electrons. The summed E-state index contributed by atoms with van der Waals surface area (Å²) in [5, 5.41) is 20.4. The lowest BCUT2D eigenvalue weighted by Gasteiger charge is -2.33. The Bertz CT molecular complexity index is 993. The fraction of sp³-hybridized carbons (Fsp3) is 0.350. The molecule has 0 spiro atoms. The van der Waals surface area contributed by atoms with Gasteiger partial charge in [-0.3, -0.25) is 4.79 Å². The fourth-order valence-electron chi connectivity index (χ4n) is 3.86. The van der Waals surface area contributed by atoms with E-state index in [4.69, 9.17) is 4.74 Å². The fourth-order valence-corrected chi connectivity index (χ4v) is 3.86. The molecule has 2 aliphatic rings. The number of aromatic nitrogens is 2. The number of carbonyl (C=O) groups is 1. The molecular formula is C20H19N3O3. The van der Waals surface area contributed by atoms with Crippen LogP contribution in [0.15, 0.2) is 41.9 Å². The minimum Gasteiger partial charge on any atom is -0.506 e. The number of benzene rings is 1. The molecule has 2 aromatic rings. The van der Waals surface area contributed by atoms with Crippen LogP contribution in [-0.2, 0) is 16.6 Å². The molecule has 2 atom stereocenters. The van der Waals surface area contributed by atoms with Gasteiger partial charge < -0.3 is 14.4 Å². The predicted molar refractivity (Wildman–Crippen MR) is 95.8 cm³/mol. The van der Waals surface area contributed by atoms with E-state index in [1.165, 1.54) is 6.26 Å². The summed E-state index contributed by atoms with van der Waals surface area (Å²) in [4.78, 5) is 17.3. The van der Waals surface area contributed by atoms with Gasteiger partial charge in [-0.1, -0.05) is 18.6 Å². The number of allylic oxidation sites excluding steroid dienone is 2. The number of Topliss-reactive ketones (excluding diaryl/α,β-unsaturated/α-hetero) is 1. The second-order valence-electron chi connectivity index (χ2n) is 6.78. The summed E-state index contributed by atoms with van der Waals surface area (Å²) in [6.07, 6.45) is 4.81. The number of aliphatic hydroxyl groups excluding tert-OH is 1. The number of fused-ring (bicyclic) bond motifs is 2. The molecule has 2 heterocycles. The van der Waals surface area contributed by atoms with Gasteiger partial charge >= 0.3 is 0 Å². The van der Waals surface area contributed by atoms with Crippen molar-refractivity contribution in [2.24, 2.45) is 13.0 Å². The molecular weight excluding hydrogens is 330 g/mol. The van der Waals surface area contributed by atoms with Crippen molar-refractivity contribution in [2.45, 2.75) is 31.8 Å². The third kappa shape index (κ3) is 2.48. The maximum absolute atomic E-state index is 12.8. The van der Waals surface area contributed by atoms with Gasteiger partial charge in [0.25, 0.3) is 0 Å². The zero-order valence-electron chi connectivity index (χ0n) is 14.5. The van der Waals surface area contributed by atoms with Gasteiger partial charge in [-0.15, -0.1) is 0 Å². The minimum atomic E-state index is -0.361. The van der Waals surface area contributed by atoms with E-state index in [2.05, 4.69) is 4.98 Å². The Labute approximate surface area is 151 Å². The van der Waals surface area contributed by atoms with Crippen molar-refractivity contribution in [1.29, 1.82) is 5.26 Å². The van der Waals surface area contributed by atoms with Crippen molar-refractivity contribution in [3.05, 3.63) is 47.7 Å². The van der Waals surface area contributed by atoms with Crippen molar-refractivity contribution in [3.8, 4) is 6.07 Å². The van der Waals surface area contributed by atoms with Crippen LogP contribution >= 0.6 is 0 Å². The van der Waals surface area contributed by atoms with Crippen LogP contribution in [0.2, 0.25) is 0 Å². The molecule has 0 bridgehead atoms. The van der Waals surface area contributed by atoms with Crippen LogP contribution in [0.4, 0.5) is 0 Å². The Balaban J connectivity index is 1.80. The summed E-state index contributed by atoms with van der Waals surface area (Å²) < 4.78 is 7.43. The van der Waals surface area contributed by atoms with E-state index in [0.717, 1.165) is 36.7 Å². The number of hydrogen-bond acceptors (Lipinski definition) is 5. The molecule has 1 N–H and O–H groups in total. The van der Waals surface area contributed by atoms with E-state index in [1.807, 2.05) is 30.3 Å². The molecule has 4 rings (SSSR count). The van der Waals surface area contributed by atoms with E-state index in [1.54, 1.807) is 11.6 Å². The Kier molecular flexibility index (Phi) is 4.00.